The normalized spacial score (nSPS) is 22.9. The molecule has 1 aromatic heterocycles. The number of hydrogen-bond acceptors (Lipinski definition) is 3. The highest BCUT2D eigenvalue weighted by atomic mass is 32.1. The maximum absolute atomic E-state index is 12.2. The van der Waals surface area contributed by atoms with Crippen molar-refractivity contribution in [1.29, 1.82) is 0 Å². The van der Waals surface area contributed by atoms with Crippen molar-refractivity contribution in [2.75, 3.05) is 0 Å². The number of aliphatic hydroxyl groups is 1. The number of aliphatic hydroxyl groups excluding tert-OH is 1. The van der Waals surface area contributed by atoms with Gasteiger partial charge in [-0.2, -0.15) is 13.2 Å². The first kappa shape index (κ1) is 13.8. The molecule has 1 aliphatic carbocycles. The van der Waals surface area contributed by atoms with Crippen LogP contribution in [0.25, 0.3) is 0 Å². The Hall–Kier alpha value is -0.620. The van der Waals surface area contributed by atoms with Gasteiger partial charge in [0.1, 0.15) is 0 Å². The van der Waals surface area contributed by atoms with Crippen LogP contribution < -0.4 is 0 Å². The molecule has 18 heavy (non-hydrogen) atoms. The smallest absolute Gasteiger partial charge is 0.387 e. The quantitative estimate of drug-likeness (QED) is 0.896. The van der Waals surface area contributed by atoms with Gasteiger partial charge in [0.15, 0.2) is 0 Å². The average molecular weight is 279 g/mol. The lowest BCUT2D eigenvalue weighted by atomic mass is 9.77. The largest absolute Gasteiger partial charge is 0.389 e. The molecule has 1 heterocycles. The van der Waals surface area contributed by atoms with Crippen LogP contribution in [0.4, 0.5) is 13.2 Å². The SMILES string of the molecule is CC1(C)Cc2nc(CCC(F)(F)F)sc2C(O)C1. The molecular formula is C12H16F3NOS. The lowest BCUT2D eigenvalue weighted by Gasteiger charge is -2.31. The fraction of sp³-hybridized carbons (Fsp3) is 0.750. The maximum atomic E-state index is 12.2. The summed E-state index contributed by atoms with van der Waals surface area (Å²) in [5, 5.41) is 10.5. The Morgan fingerprint density at radius 2 is 2.11 bits per heavy atom. The van der Waals surface area contributed by atoms with Gasteiger partial charge in [-0.1, -0.05) is 13.8 Å². The van der Waals surface area contributed by atoms with Crippen LogP contribution in [-0.2, 0) is 12.8 Å². The Morgan fingerprint density at radius 3 is 2.72 bits per heavy atom. The molecule has 1 N–H and O–H groups in total. The summed E-state index contributed by atoms with van der Waals surface area (Å²) in [7, 11) is 0. The average Bonchev–Trinajstić information content (AvgIpc) is 2.55. The molecule has 0 spiro atoms. The van der Waals surface area contributed by atoms with Crippen molar-refractivity contribution in [2.45, 2.75) is 51.8 Å². The van der Waals surface area contributed by atoms with Gasteiger partial charge >= 0.3 is 6.18 Å². The first-order chi connectivity index (χ1) is 8.16. The van der Waals surface area contributed by atoms with E-state index in [9.17, 15) is 18.3 Å². The van der Waals surface area contributed by atoms with Gasteiger partial charge in [-0.05, 0) is 18.3 Å². The third kappa shape index (κ3) is 3.23. The van der Waals surface area contributed by atoms with Crippen LogP contribution in [0.2, 0.25) is 0 Å². The molecule has 0 fully saturated rings. The highest BCUT2D eigenvalue weighted by Gasteiger charge is 2.34. The second kappa shape index (κ2) is 4.49. The Kier molecular flexibility index (Phi) is 3.44. The van der Waals surface area contributed by atoms with E-state index in [-0.39, 0.29) is 11.8 Å². The van der Waals surface area contributed by atoms with E-state index in [4.69, 9.17) is 0 Å². The summed E-state index contributed by atoms with van der Waals surface area (Å²) in [6.45, 7) is 4.07. The number of aromatic nitrogens is 1. The van der Waals surface area contributed by atoms with Crippen LogP contribution in [0.15, 0.2) is 0 Å². The van der Waals surface area contributed by atoms with Crippen LogP contribution in [0.3, 0.4) is 0 Å². The van der Waals surface area contributed by atoms with E-state index < -0.39 is 18.7 Å². The third-order valence-electron chi connectivity index (χ3n) is 3.09. The Balaban J connectivity index is 2.14. The molecule has 1 unspecified atom stereocenters. The molecule has 1 atom stereocenters. The Morgan fingerprint density at radius 1 is 1.44 bits per heavy atom. The van der Waals surface area contributed by atoms with Gasteiger partial charge in [0.2, 0.25) is 0 Å². The molecule has 0 saturated carbocycles. The summed E-state index contributed by atoms with van der Waals surface area (Å²) < 4.78 is 36.5. The molecule has 0 aliphatic heterocycles. The van der Waals surface area contributed by atoms with Crippen molar-refractivity contribution in [3.63, 3.8) is 0 Å². The van der Waals surface area contributed by atoms with Gasteiger partial charge < -0.3 is 5.11 Å². The minimum Gasteiger partial charge on any atom is -0.387 e. The van der Waals surface area contributed by atoms with Crippen molar-refractivity contribution in [3.8, 4) is 0 Å². The number of halogens is 3. The van der Waals surface area contributed by atoms with Gasteiger partial charge in [-0.15, -0.1) is 11.3 Å². The van der Waals surface area contributed by atoms with E-state index >= 15 is 0 Å². The second-order valence-corrected chi connectivity index (χ2v) is 6.71. The van der Waals surface area contributed by atoms with Crippen molar-refractivity contribution in [1.82, 2.24) is 4.98 Å². The van der Waals surface area contributed by atoms with Gasteiger partial charge in [0.25, 0.3) is 0 Å². The predicted octanol–water partition coefficient (Wildman–Crippen LogP) is 3.64. The number of fused-ring (bicyclic) bond motifs is 1. The van der Waals surface area contributed by atoms with E-state index in [0.717, 1.165) is 17.0 Å². The fourth-order valence-electron chi connectivity index (χ4n) is 2.30. The van der Waals surface area contributed by atoms with Crippen molar-refractivity contribution < 1.29 is 18.3 Å². The van der Waals surface area contributed by atoms with E-state index in [1.54, 1.807) is 0 Å². The molecule has 2 nitrogen and oxygen atoms in total. The van der Waals surface area contributed by atoms with Crippen LogP contribution >= 0.6 is 11.3 Å². The number of thiazole rings is 1. The molecule has 0 amide bonds. The predicted molar refractivity (Wildman–Crippen MR) is 63.6 cm³/mol. The summed E-state index contributed by atoms with van der Waals surface area (Å²) in [6.07, 6.45) is -4.30. The summed E-state index contributed by atoms with van der Waals surface area (Å²) in [4.78, 5) is 5.01. The van der Waals surface area contributed by atoms with Crippen LogP contribution in [-0.4, -0.2) is 16.3 Å². The molecule has 102 valence electrons. The molecule has 1 aliphatic rings. The maximum Gasteiger partial charge on any atom is 0.389 e. The highest BCUT2D eigenvalue weighted by Crippen LogP contribution is 2.43. The number of rotatable bonds is 2. The molecular weight excluding hydrogens is 263 g/mol. The van der Waals surface area contributed by atoms with E-state index in [1.807, 2.05) is 13.8 Å². The van der Waals surface area contributed by atoms with E-state index in [1.165, 1.54) is 11.3 Å². The number of nitrogens with zero attached hydrogens (tertiary/aromatic N) is 1. The Labute approximate surface area is 108 Å². The van der Waals surface area contributed by atoms with Gasteiger partial charge in [0.05, 0.1) is 21.7 Å². The summed E-state index contributed by atoms with van der Waals surface area (Å²) >= 11 is 1.22. The summed E-state index contributed by atoms with van der Waals surface area (Å²) in [5.74, 6) is 0. The van der Waals surface area contributed by atoms with Crippen LogP contribution in [0.1, 0.15) is 48.4 Å². The topological polar surface area (TPSA) is 33.1 Å². The minimum atomic E-state index is -4.15. The Bertz CT molecular complexity index is 439. The number of hydrogen-bond donors (Lipinski definition) is 1. The van der Waals surface area contributed by atoms with E-state index in [0.29, 0.717) is 11.4 Å². The highest BCUT2D eigenvalue weighted by molar-refractivity contribution is 7.11. The molecule has 0 aromatic carbocycles. The second-order valence-electron chi connectivity index (χ2n) is 5.59. The number of aryl methyl sites for hydroxylation is 1. The van der Waals surface area contributed by atoms with Gasteiger partial charge in [-0.25, -0.2) is 4.98 Å². The van der Waals surface area contributed by atoms with Crippen molar-refractivity contribution in [3.05, 3.63) is 15.6 Å². The third-order valence-corrected chi connectivity index (χ3v) is 4.35. The van der Waals surface area contributed by atoms with Crippen molar-refractivity contribution in [2.24, 2.45) is 5.41 Å². The standard InChI is InChI=1S/C12H16F3NOS/c1-11(2)5-7-10(8(17)6-11)18-9(16-7)3-4-12(13,14)15/h8,17H,3-6H2,1-2H3. The summed E-state index contributed by atoms with van der Waals surface area (Å²) in [5.41, 5.74) is 0.739. The van der Waals surface area contributed by atoms with Crippen LogP contribution in [0.5, 0.6) is 0 Å². The minimum absolute atomic E-state index is 0.0399. The first-order valence-corrected chi connectivity index (χ1v) is 6.71. The fourth-order valence-corrected chi connectivity index (χ4v) is 3.37. The molecule has 6 heteroatoms. The van der Waals surface area contributed by atoms with E-state index in [2.05, 4.69) is 4.98 Å². The lowest BCUT2D eigenvalue weighted by molar-refractivity contribution is -0.134. The van der Waals surface area contributed by atoms with Gasteiger partial charge in [0, 0.05) is 12.8 Å². The zero-order valence-corrected chi connectivity index (χ0v) is 11.2. The van der Waals surface area contributed by atoms with Crippen molar-refractivity contribution >= 4 is 11.3 Å². The molecule has 0 bridgehead atoms. The monoisotopic (exact) mass is 279 g/mol. The zero-order valence-electron chi connectivity index (χ0n) is 10.3. The molecule has 1 aromatic rings. The van der Waals surface area contributed by atoms with Gasteiger partial charge in [-0.3, -0.25) is 0 Å². The molecule has 0 radical (unpaired) electrons. The molecule has 2 rings (SSSR count). The first-order valence-electron chi connectivity index (χ1n) is 5.90. The number of alkyl halides is 3. The lowest BCUT2D eigenvalue weighted by Crippen LogP contribution is -2.24. The summed E-state index contributed by atoms with van der Waals surface area (Å²) in [6, 6.07) is 0. The zero-order chi connectivity index (χ0) is 13.6. The van der Waals surface area contributed by atoms with Crippen LogP contribution in [0, 0.1) is 5.41 Å². The molecule has 0 saturated heterocycles.